The molecule has 2 heterocycles. The van der Waals surface area contributed by atoms with E-state index in [2.05, 4.69) is 0 Å². The number of aromatic hydroxyl groups is 6. The molecule has 0 saturated heterocycles. The van der Waals surface area contributed by atoms with Crippen LogP contribution in [0.25, 0.3) is 55.7 Å². The van der Waals surface area contributed by atoms with Crippen molar-refractivity contribution in [1.82, 2.24) is 0 Å². The fourth-order valence-corrected chi connectivity index (χ4v) is 4.93. The molecule has 0 fully saturated rings. The minimum absolute atomic E-state index is 0.121. The summed E-state index contributed by atoms with van der Waals surface area (Å²) in [6.45, 7) is 0. The van der Waals surface area contributed by atoms with Gasteiger partial charge in [0.25, 0.3) is 0 Å². The van der Waals surface area contributed by atoms with Gasteiger partial charge in [0.05, 0.1) is 12.7 Å². The van der Waals surface area contributed by atoms with Crippen LogP contribution in [0.1, 0.15) is 0 Å². The zero-order chi connectivity index (χ0) is 29.9. The molecular formula is C31H20O11. The Morgan fingerprint density at radius 2 is 1.33 bits per heavy atom. The molecule has 0 amide bonds. The van der Waals surface area contributed by atoms with Crippen molar-refractivity contribution in [2.75, 3.05) is 7.11 Å². The second-order valence-corrected chi connectivity index (χ2v) is 9.32. The van der Waals surface area contributed by atoms with E-state index < -0.39 is 61.9 Å². The van der Waals surface area contributed by atoms with Crippen molar-refractivity contribution in [3.63, 3.8) is 0 Å². The minimum atomic E-state index is -0.841. The van der Waals surface area contributed by atoms with E-state index in [-0.39, 0.29) is 39.4 Å². The van der Waals surface area contributed by atoms with Gasteiger partial charge in [0, 0.05) is 41.0 Å². The van der Waals surface area contributed by atoms with E-state index >= 15 is 0 Å². The molecule has 0 radical (unpaired) electrons. The van der Waals surface area contributed by atoms with Gasteiger partial charge < -0.3 is 44.2 Å². The van der Waals surface area contributed by atoms with Crippen LogP contribution in [0.4, 0.5) is 0 Å². The molecule has 4 aromatic carbocycles. The van der Waals surface area contributed by atoms with Gasteiger partial charge in [-0.2, -0.15) is 0 Å². The lowest BCUT2D eigenvalue weighted by Crippen LogP contribution is -2.04. The summed E-state index contributed by atoms with van der Waals surface area (Å²) in [6, 6.07) is 15.1. The highest BCUT2D eigenvalue weighted by Gasteiger charge is 2.30. The second kappa shape index (κ2) is 9.52. The minimum Gasteiger partial charge on any atom is -0.508 e. The summed E-state index contributed by atoms with van der Waals surface area (Å²) < 4.78 is 17.0. The lowest BCUT2D eigenvalue weighted by atomic mass is 9.92. The molecule has 0 aliphatic heterocycles. The Hall–Kier alpha value is -6.10. The van der Waals surface area contributed by atoms with Crippen LogP contribution in [0.5, 0.6) is 40.2 Å². The zero-order valence-corrected chi connectivity index (χ0v) is 21.6. The highest BCUT2D eigenvalue weighted by Crippen LogP contribution is 2.55. The Morgan fingerprint density at radius 3 is 2.05 bits per heavy atom. The van der Waals surface area contributed by atoms with Crippen LogP contribution in [-0.2, 0) is 0 Å². The average molecular weight is 568 g/mol. The summed E-state index contributed by atoms with van der Waals surface area (Å²) in [5, 5.41) is 63.6. The number of hydrogen-bond acceptors (Lipinski definition) is 11. The van der Waals surface area contributed by atoms with Gasteiger partial charge in [0.15, 0.2) is 33.7 Å². The average Bonchev–Trinajstić information content (AvgIpc) is 2.95. The van der Waals surface area contributed by atoms with E-state index in [1.165, 1.54) is 13.2 Å². The van der Waals surface area contributed by atoms with E-state index in [0.29, 0.717) is 5.56 Å². The summed E-state index contributed by atoms with van der Waals surface area (Å²) in [7, 11) is 1.19. The Bertz CT molecular complexity index is 2180. The predicted octanol–water partition coefficient (Wildman–Crippen LogP) is 5.14. The second-order valence-electron chi connectivity index (χ2n) is 9.32. The molecule has 42 heavy (non-hydrogen) atoms. The summed E-state index contributed by atoms with van der Waals surface area (Å²) in [6.07, 6.45) is 0. The van der Waals surface area contributed by atoms with E-state index in [4.69, 9.17) is 13.6 Å². The maximum absolute atomic E-state index is 13.3. The maximum atomic E-state index is 13.3. The van der Waals surface area contributed by atoms with E-state index in [1.807, 2.05) is 0 Å². The first-order chi connectivity index (χ1) is 20.1. The molecule has 11 nitrogen and oxygen atoms in total. The molecule has 210 valence electrons. The first kappa shape index (κ1) is 26.1. The molecule has 0 saturated carbocycles. The van der Waals surface area contributed by atoms with Crippen molar-refractivity contribution in [2.45, 2.75) is 0 Å². The maximum Gasteiger partial charge on any atom is 0.205 e. The number of hydrogen-bond donors (Lipinski definition) is 6. The highest BCUT2D eigenvalue weighted by molar-refractivity contribution is 6.04. The van der Waals surface area contributed by atoms with Crippen LogP contribution in [0.15, 0.2) is 85.2 Å². The number of benzene rings is 4. The third-order valence-electron chi connectivity index (χ3n) is 6.81. The predicted molar refractivity (Wildman–Crippen MR) is 151 cm³/mol. The lowest BCUT2D eigenvalue weighted by molar-refractivity contribution is 0.368. The molecule has 0 unspecified atom stereocenters. The highest BCUT2D eigenvalue weighted by atomic mass is 16.5. The van der Waals surface area contributed by atoms with Crippen molar-refractivity contribution in [3.05, 3.63) is 87.2 Å². The molecule has 0 bridgehead atoms. The first-order valence-corrected chi connectivity index (χ1v) is 12.3. The molecule has 0 spiro atoms. The van der Waals surface area contributed by atoms with Gasteiger partial charge in [-0.25, -0.2) is 0 Å². The Morgan fingerprint density at radius 1 is 0.643 bits per heavy atom. The molecule has 0 atom stereocenters. The normalized spacial score (nSPS) is 11.3. The molecule has 6 N–H and O–H groups in total. The Labute approximate surface area is 234 Å². The number of phenolic OH excluding ortho intramolecular Hbond substituents is 6. The molecule has 0 aliphatic carbocycles. The lowest BCUT2D eigenvalue weighted by Gasteiger charge is -2.18. The Kier molecular flexibility index (Phi) is 5.93. The van der Waals surface area contributed by atoms with Gasteiger partial charge in [0.2, 0.25) is 5.75 Å². The number of methoxy groups -OCH3 is 1. The smallest absolute Gasteiger partial charge is 0.205 e. The van der Waals surface area contributed by atoms with Crippen molar-refractivity contribution in [1.29, 1.82) is 0 Å². The monoisotopic (exact) mass is 568 g/mol. The van der Waals surface area contributed by atoms with Gasteiger partial charge >= 0.3 is 0 Å². The van der Waals surface area contributed by atoms with Gasteiger partial charge in [-0.1, -0.05) is 30.3 Å². The largest absolute Gasteiger partial charge is 0.508 e. The topological polar surface area (TPSA) is 191 Å². The number of ether oxygens (including phenoxy) is 1. The zero-order valence-electron chi connectivity index (χ0n) is 21.6. The van der Waals surface area contributed by atoms with Crippen LogP contribution < -0.4 is 15.6 Å². The molecular weight excluding hydrogens is 548 g/mol. The van der Waals surface area contributed by atoms with E-state index in [9.17, 15) is 40.2 Å². The standard InChI is InChI=1S/C31H20O11/c1-40-31-29(39)26(28(38)25-19(36)11-20(42-30(25)31)13-5-3-2-4-6-13)23-15(7-8-16(33)27(23)37)21-12-18(35)24-17(34)9-14(32)10-22(24)41-21/h2-12,32-34,37-39H,1H3. The molecule has 0 aliphatic rings. The van der Waals surface area contributed by atoms with Gasteiger partial charge in [-0.3, -0.25) is 9.59 Å². The van der Waals surface area contributed by atoms with Crippen LogP contribution in [0.2, 0.25) is 0 Å². The molecule has 6 rings (SSSR count). The Balaban J connectivity index is 1.70. The van der Waals surface area contributed by atoms with Crippen molar-refractivity contribution < 1.29 is 44.2 Å². The molecule has 11 heteroatoms. The van der Waals surface area contributed by atoms with Crippen molar-refractivity contribution in [2.24, 2.45) is 0 Å². The SMILES string of the molecule is COc1c(O)c(-c2c(-c3cc(=O)c4c(O)cc(O)cc4o3)ccc(O)c2O)c(O)c2c(=O)cc(-c3ccccc3)oc12. The molecule has 6 aromatic rings. The molecule has 2 aromatic heterocycles. The fourth-order valence-electron chi connectivity index (χ4n) is 4.93. The summed E-state index contributed by atoms with van der Waals surface area (Å²) in [5.41, 5.74) is -2.48. The van der Waals surface area contributed by atoms with E-state index in [1.54, 1.807) is 30.3 Å². The third-order valence-corrected chi connectivity index (χ3v) is 6.81. The van der Waals surface area contributed by atoms with Gasteiger partial charge in [-0.15, -0.1) is 0 Å². The van der Waals surface area contributed by atoms with Crippen molar-refractivity contribution in [3.8, 4) is 74.0 Å². The van der Waals surface area contributed by atoms with Gasteiger partial charge in [-0.05, 0) is 12.1 Å². The third kappa shape index (κ3) is 3.91. The van der Waals surface area contributed by atoms with Crippen molar-refractivity contribution >= 4 is 21.9 Å². The van der Waals surface area contributed by atoms with Crippen LogP contribution in [0, 0.1) is 0 Å². The number of fused-ring (bicyclic) bond motifs is 2. The van der Waals surface area contributed by atoms with E-state index in [0.717, 1.165) is 30.3 Å². The number of rotatable bonds is 4. The van der Waals surface area contributed by atoms with Crippen LogP contribution in [-0.4, -0.2) is 37.7 Å². The fraction of sp³-hybridized carbons (Fsp3) is 0.0323. The number of phenols is 6. The van der Waals surface area contributed by atoms with Crippen LogP contribution >= 0.6 is 0 Å². The quantitative estimate of drug-likeness (QED) is 0.154. The first-order valence-electron chi connectivity index (χ1n) is 12.3. The van der Waals surface area contributed by atoms with Crippen LogP contribution in [0.3, 0.4) is 0 Å². The summed E-state index contributed by atoms with van der Waals surface area (Å²) in [5.74, 6) is -4.51. The summed E-state index contributed by atoms with van der Waals surface area (Å²) in [4.78, 5) is 26.3. The van der Waals surface area contributed by atoms with Gasteiger partial charge in [0.1, 0.15) is 45.1 Å². The summed E-state index contributed by atoms with van der Waals surface area (Å²) >= 11 is 0.